The third-order valence-corrected chi connectivity index (χ3v) is 2.90. The van der Waals surface area contributed by atoms with E-state index < -0.39 is 0 Å². The van der Waals surface area contributed by atoms with E-state index in [9.17, 15) is 0 Å². The summed E-state index contributed by atoms with van der Waals surface area (Å²) in [6.07, 6.45) is 0. The van der Waals surface area contributed by atoms with Gasteiger partial charge in [0.15, 0.2) is 0 Å². The number of para-hydroxylation sites is 1. The maximum Gasteiger partial charge on any atom is 0.219 e. The predicted molar refractivity (Wildman–Crippen MR) is 77.3 cm³/mol. The highest BCUT2D eigenvalue weighted by atomic mass is 16.5. The number of aromatic nitrogens is 1. The van der Waals surface area contributed by atoms with Crippen molar-refractivity contribution in [3.05, 3.63) is 53.7 Å². The number of benzene rings is 1. The van der Waals surface area contributed by atoms with Gasteiger partial charge in [-0.2, -0.15) is 0 Å². The Morgan fingerprint density at radius 1 is 1.05 bits per heavy atom. The van der Waals surface area contributed by atoms with Crippen molar-refractivity contribution >= 4 is 0 Å². The van der Waals surface area contributed by atoms with Gasteiger partial charge in [-0.1, -0.05) is 45.0 Å². The van der Waals surface area contributed by atoms with Crippen LogP contribution in [0.25, 0.3) is 0 Å². The van der Waals surface area contributed by atoms with E-state index in [-0.39, 0.29) is 5.41 Å². The Morgan fingerprint density at radius 3 is 2.47 bits per heavy atom. The summed E-state index contributed by atoms with van der Waals surface area (Å²) in [7, 11) is 0. The molecule has 0 aliphatic carbocycles. The summed E-state index contributed by atoms with van der Waals surface area (Å²) in [6.45, 7) is 6.91. The second-order valence-corrected chi connectivity index (χ2v) is 5.52. The van der Waals surface area contributed by atoms with E-state index in [2.05, 4.69) is 31.8 Å². The molecule has 100 valence electrons. The topological polar surface area (TPSA) is 48.1 Å². The zero-order chi connectivity index (χ0) is 13.9. The first-order valence-electron chi connectivity index (χ1n) is 6.44. The van der Waals surface area contributed by atoms with Gasteiger partial charge in [0.05, 0.1) is 5.69 Å². The first kappa shape index (κ1) is 13.6. The third-order valence-electron chi connectivity index (χ3n) is 2.90. The number of ether oxygens (including phenoxy) is 1. The van der Waals surface area contributed by atoms with Crippen LogP contribution in [0.15, 0.2) is 42.5 Å². The Balaban J connectivity index is 2.33. The van der Waals surface area contributed by atoms with Gasteiger partial charge in [-0.25, -0.2) is 4.98 Å². The van der Waals surface area contributed by atoms with E-state index >= 15 is 0 Å². The van der Waals surface area contributed by atoms with Crippen LogP contribution in [0.4, 0.5) is 0 Å². The molecule has 0 bridgehead atoms. The van der Waals surface area contributed by atoms with Crippen LogP contribution >= 0.6 is 0 Å². The minimum Gasteiger partial charge on any atom is -0.439 e. The summed E-state index contributed by atoms with van der Waals surface area (Å²) in [5.74, 6) is 1.43. The maximum atomic E-state index is 5.91. The van der Waals surface area contributed by atoms with Crippen molar-refractivity contribution in [2.75, 3.05) is 0 Å². The minimum absolute atomic E-state index is 0.0298. The number of pyridine rings is 1. The lowest BCUT2D eigenvalue weighted by atomic mass is 9.86. The molecule has 1 heterocycles. The smallest absolute Gasteiger partial charge is 0.219 e. The fraction of sp³-hybridized carbons (Fsp3) is 0.312. The van der Waals surface area contributed by atoms with Gasteiger partial charge in [0, 0.05) is 18.2 Å². The normalized spacial score (nSPS) is 11.4. The summed E-state index contributed by atoms with van der Waals surface area (Å²) in [5, 5.41) is 0. The quantitative estimate of drug-likeness (QED) is 0.912. The third kappa shape index (κ3) is 3.32. The Bertz CT molecular complexity index is 559. The second kappa shape index (κ2) is 5.41. The first-order valence-corrected chi connectivity index (χ1v) is 6.44. The summed E-state index contributed by atoms with van der Waals surface area (Å²) < 4.78 is 5.91. The first-order chi connectivity index (χ1) is 9.00. The molecule has 0 saturated heterocycles. The molecule has 2 N–H and O–H groups in total. The molecule has 0 spiro atoms. The average molecular weight is 256 g/mol. The van der Waals surface area contributed by atoms with Gasteiger partial charge in [0.25, 0.3) is 0 Å². The SMILES string of the molecule is CC(C)(C)c1ccccc1Oc1cccc(CN)n1. The Kier molecular flexibility index (Phi) is 3.86. The highest BCUT2D eigenvalue weighted by Gasteiger charge is 2.18. The number of hydrogen-bond acceptors (Lipinski definition) is 3. The molecule has 0 saturated carbocycles. The molecule has 0 aliphatic rings. The van der Waals surface area contributed by atoms with Crippen LogP contribution in [0.1, 0.15) is 32.0 Å². The molecule has 0 amide bonds. The van der Waals surface area contributed by atoms with Crippen molar-refractivity contribution in [1.82, 2.24) is 4.98 Å². The monoisotopic (exact) mass is 256 g/mol. The van der Waals surface area contributed by atoms with Gasteiger partial charge in [-0.15, -0.1) is 0 Å². The standard InChI is InChI=1S/C16H20N2O/c1-16(2,3)13-8-4-5-9-14(13)19-15-10-6-7-12(11-17)18-15/h4-10H,11,17H2,1-3H3. The highest BCUT2D eigenvalue weighted by molar-refractivity contribution is 5.40. The van der Waals surface area contributed by atoms with Crippen molar-refractivity contribution in [1.29, 1.82) is 0 Å². The summed E-state index contributed by atoms with van der Waals surface area (Å²) in [6, 6.07) is 13.7. The Morgan fingerprint density at radius 2 is 1.79 bits per heavy atom. The Labute approximate surface area is 114 Å². The lowest BCUT2D eigenvalue weighted by Crippen LogP contribution is -2.12. The molecular formula is C16H20N2O. The van der Waals surface area contributed by atoms with Gasteiger partial charge in [-0.3, -0.25) is 0 Å². The van der Waals surface area contributed by atoms with Crippen LogP contribution in [0.5, 0.6) is 11.6 Å². The van der Waals surface area contributed by atoms with Crippen LogP contribution in [0.3, 0.4) is 0 Å². The van der Waals surface area contributed by atoms with Crippen molar-refractivity contribution in [3.8, 4) is 11.6 Å². The van der Waals surface area contributed by atoms with Gasteiger partial charge in [0.2, 0.25) is 5.88 Å². The predicted octanol–water partition coefficient (Wildman–Crippen LogP) is 3.63. The van der Waals surface area contributed by atoms with Crippen molar-refractivity contribution < 1.29 is 4.74 Å². The molecule has 1 aromatic heterocycles. The van der Waals surface area contributed by atoms with Crippen molar-refractivity contribution in [3.63, 3.8) is 0 Å². The van der Waals surface area contributed by atoms with Gasteiger partial charge >= 0.3 is 0 Å². The highest BCUT2D eigenvalue weighted by Crippen LogP contribution is 2.33. The largest absolute Gasteiger partial charge is 0.439 e. The van der Waals surface area contributed by atoms with Gasteiger partial charge in [-0.05, 0) is 17.5 Å². The number of nitrogens with two attached hydrogens (primary N) is 1. The lowest BCUT2D eigenvalue weighted by molar-refractivity contribution is 0.438. The summed E-state index contributed by atoms with van der Waals surface area (Å²) >= 11 is 0. The van der Waals surface area contributed by atoms with E-state index in [0.29, 0.717) is 12.4 Å². The van der Waals surface area contributed by atoms with Crippen LogP contribution < -0.4 is 10.5 Å². The van der Waals surface area contributed by atoms with Crippen molar-refractivity contribution in [2.24, 2.45) is 5.73 Å². The van der Waals surface area contributed by atoms with Gasteiger partial charge < -0.3 is 10.5 Å². The number of hydrogen-bond donors (Lipinski definition) is 1. The molecule has 0 unspecified atom stereocenters. The maximum absolute atomic E-state index is 5.91. The van der Waals surface area contributed by atoms with E-state index in [0.717, 1.165) is 17.0 Å². The van der Waals surface area contributed by atoms with E-state index in [1.54, 1.807) is 0 Å². The Hall–Kier alpha value is -1.87. The van der Waals surface area contributed by atoms with Crippen molar-refractivity contribution in [2.45, 2.75) is 32.7 Å². The number of rotatable bonds is 3. The average Bonchev–Trinajstić information content (AvgIpc) is 2.38. The van der Waals surface area contributed by atoms with E-state index in [1.165, 1.54) is 0 Å². The van der Waals surface area contributed by atoms with Crippen LogP contribution in [0, 0.1) is 0 Å². The zero-order valence-electron chi connectivity index (χ0n) is 11.7. The molecule has 2 aromatic rings. The van der Waals surface area contributed by atoms with Crippen LogP contribution in [-0.4, -0.2) is 4.98 Å². The molecule has 2 rings (SSSR count). The molecule has 1 aromatic carbocycles. The molecule has 3 nitrogen and oxygen atoms in total. The van der Waals surface area contributed by atoms with Gasteiger partial charge in [0.1, 0.15) is 5.75 Å². The lowest BCUT2D eigenvalue weighted by Gasteiger charge is -2.22. The molecule has 0 atom stereocenters. The fourth-order valence-corrected chi connectivity index (χ4v) is 1.92. The van der Waals surface area contributed by atoms with E-state index in [4.69, 9.17) is 10.5 Å². The summed E-state index contributed by atoms with van der Waals surface area (Å²) in [4.78, 5) is 4.36. The molecule has 3 heteroatoms. The van der Waals surface area contributed by atoms with E-state index in [1.807, 2.05) is 36.4 Å². The molecule has 0 aliphatic heterocycles. The molecule has 0 fully saturated rings. The second-order valence-electron chi connectivity index (χ2n) is 5.52. The molecule has 19 heavy (non-hydrogen) atoms. The number of nitrogens with zero attached hydrogens (tertiary/aromatic N) is 1. The molecule has 0 radical (unpaired) electrons. The molecular weight excluding hydrogens is 236 g/mol. The summed E-state index contributed by atoms with van der Waals surface area (Å²) in [5.41, 5.74) is 7.61. The zero-order valence-corrected chi connectivity index (χ0v) is 11.7. The fourth-order valence-electron chi connectivity index (χ4n) is 1.92. The van der Waals surface area contributed by atoms with Crippen LogP contribution in [-0.2, 0) is 12.0 Å². The minimum atomic E-state index is 0.0298. The van der Waals surface area contributed by atoms with Crippen LogP contribution in [0.2, 0.25) is 0 Å².